The lowest BCUT2D eigenvalue weighted by atomic mass is 10.2. The van der Waals surface area contributed by atoms with Gasteiger partial charge < -0.3 is 15.5 Å². The average molecular weight is 237 g/mol. The Hall–Kier alpha value is -1.29. The third-order valence-corrected chi connectivity index (χ3v) is 3.35. The Kier molecular flexibility index (Phi) is 3.52. The van der Waals surface area contributed by atoms with Crippen LogP contribution in [-0.4, -0.2) is 37.6 Å². The summed E-state index contributed by atoms with van der Waals surface area (Å²) in [6.07, 6.45) is 1.08. The molecule has 1 fully saturated rings. The fourth-order valence-corrected chi connectivity index (χ4v) is 2.50. The van der Waals surface area contributed by atoms with E-state index in [0.717, 1.165) is 31.7 Å². The molecular weight excluding hydrogens is 217 g/mol. The number of nitrogens with two attached hydrogens (primary N) is 1. The topological polar surface area (TPSA) is 32.5 Å². The average Bonchev–Trinajstić information content (AvgIpc) is 2.43. The van der Waals surface area contributed by atoms with Gasteiger partial charge in [0.1, 0.15) is 5.82 Å². The van der Waals surface area contributed by atoms with E-state index in [-0.39, 0.29) is 5.82 Å². The van der Waals surface area contributed by atoms with E-state index in [0.29, 0.717) is 11.7 Å². The molecule has 0 aliphatic carbocycles. The maximum Gasteiger partial charge on any atom is 0.125 e. The molecule has 0 amide bonds. The first-order chi connectivity index (χ1) is 8.08. The van der Waals surface area contributed by atoms with E-state index in [9.17, 15) is 4.39 Å². The van der Waals surface area contributed by atoms with Crippen molar-refractivity contribution >= 4 is 11.4 Å². The van der Waals surface area contributed by atoms with Gasteiger partial charge in [-0.3, -0.25) is 0 Å². The second-order valence-corrected chi connectivity index (χ2v) is 4.86. The zero-order valence-corrected chi connectivity index (χ0v) is 10.5. The summed E-state index contributed by atoms with van der Waals surface area (Å²) >= 11 is 0. The maximum atomic E-state index is 13.3. The first-order valence-electron chi connectivity index (χ1n) is 6.08. The van der Waals surface area contributed by atoms with Gasteiger partial charge in [-0.05, 0) is 45.1 Å². The molecule has 0 aromatic heterocycles. The third-order valence-electron chi connectivity index (χ3n) is 3.35. The highest BCUT2D eigenvalue weighted by atomic mass is 19.1. The van der Waals surface area contributed by atoms with Crippen molar-refractivity contribution in [1.82, 2.24) is 4.90 Å². The quantitative estimate of drug-likeness (QED) is 0.758. The molecule has 1 aliphatic rings. The van der Waals surface area contributed by atoms with Crippen LogP contribution >= 0.6 is 0 Å². The van der Waals surface area contributed by atoms with Crippen LogP contribution in [0.25, 0.3) is 0 Å². The Balaban J connectivity index is 2.28. The molecule has 4 heteroatoms. The fraction of sp³-hybridized carbons (Fsp3) is 0.538. The van der Waals surface area contributed by atoms with Crippen LogP contribution in [-0.2, 0) is 0 Å². The molecule has 0 saturated carbocycles. The zero-order valence-electron chi connectivity index (χ0n) is 10.5. The lowest BCUT2D eigenvalue weighted by Crippen LogP contribution is -2.38. The van der Waals surface area contributed by atoms with Crippen LogP contribution in [0.4, 0.5) is 15.8 Å². The molecule has 1 heterocycles. The number of nitrogens with zero attached hydrogens (tertiary/aromatic N) is 2. The van der Waals surface area contributed by atoms with Crippen LogP contribution in [0.3, 0.4) is 0 Å². The van der Waals surface area contributed by atoms with Crippen LogP contribution in [0, 0.1) is 5.82 Å². The summed E-state index contributed by atoms with van der Waals surface area (Å²) in [5.41, 5.74) is 7.43. The number of benzene rings is 1. The number of rotatable bonds is 1. The molecule has 1 aromatic rings. The highest BCUT2D eigenvalue weighted by molar-refractivity contribution is 5.68. The molecule has 1 aliphatic heterocycles. The minimum atomic E-state index is -0.223. The third kappa shape index (κ3) is 2.69. The standard InChI is InChI=1S/C13H20FN3/c1-10-9-16(2)6-3-7-17(10)13-8-11(14)4-5-12(13)15/h4-5,8,10H,3,6-7,9,15H2,1-2H3. The van der Waals surface area contributed by atoms with Crippen LogP contribution in [0.2, 0.25) is 0 Å². The number of nitrogen functional groups attached to an aromatic ring is 1. The molecule has 17 heavy (non-hydrogen) atoms. The maximum absolute atomic E-state index is 13.3. The largest absolute Gasteiger partial charge is 0.397 e. The lowest BCUT2D eigenvalue weighted by Gasteiger charge is -2.31. The SMILES string of the molecule is CC1CN(C)CCCN1c1cc(F)ccc1N. The zero-order chi connectivity index (χ0) is 12.4. The van der Waals surface area contributed by atoms with Gasteiger partial charge in [0.05, 0.1) is 11.4 Å². The van der Waals surface area contributed by atoms with Crippen LogP contribution in [0.5, 0.6) is 0 Å². The summed E-state index contributed by atoms with van der Waals surface area (Å²) in [4.78, 5) is 4.52. The normalized spacial score (nSPS) is 22.5. The van der Waals surface area contributed by atoms with Crippen molar-refractivity contribution in [1.29, 1.82) is 0 Å². The van der Waals surface area contributed by atoms with Gasteiger partial charge in [-0.2, -0.15) is 0 Å². The molecule has 1 aromatic carbocycles. The summed E-state index contributed by atoms with van der Waals surface area (Å²) in [6.45, 7) is 5.15. The molecule has 1 saturated heterocycles. The van der Waals surface area contributed by atoms with Crippen molar-refractivity contribution in [2.45, 2.75) is 19.4 Å². The van der Waals surface area contributed by atoms with Gasteiger partial charge in [0, 0.05) is 19.1 Å². The van der Waals surface area contributed by atoms with Crippen molar-refractivity contribution in [3.63, 3.8) is 0 Å². The fourth-order valence-electron chi connectivity index (χ4n) is 2.50. The van der Waals surface area contributed by atoms with Gasteiger partial charge in [-0.15, -0.1) is 0 Å². The van der Waals surface area contributed by atoms with Crippen molar-refractivity contribution in [2.75, 3.05) is 37.3 Å². The Morgan fingerprint density at radius 1 is 1.35 bits per heavy atom. The number of anilines is 2. The van der Waals surface area contributed by atoms with Gasteiger partial charge >= 0.3 is 0 Å². The lowest BCUT2D eigenvalue weighted by molar-refractivity contribution is 0.337. The molecule has 0 spiro atoms. The van der Waals surface area contributed by atoms with E-state index in [1.807, 2.05) is 0 Å². The van der Waals surface area contributed by atoms with Crippen LogP contribution < -0.4 is 10.6 Å². The molecule has 0 radical (unpaired) electrons. The summed E-state index contributed by atoms with van der Waals surface area (Å²) < 4.78 is 13.3. The van der Waals surface area contributed by atoms with E-state index < -0.39 is 0 Å². The molecule has 2 rings (SSSR count). The molecular formula is C13H20FN3. The van der Waals surface area contributed by atoms with Crippen LogP contribution in [0.15, 0.2) is 18.2 Å². The Bertz CT molecular complexity index is 394. The molecule has 3 nitrogen and oxygen atoms in total. The van der Waals surface area contributed by atoms with Gasteiger partial charge in [0.25, 0.3) is 0 Å². The van der Waals surface area contributed by atoms with Crippen molar-refractivity contribution < 1.29 is 4.39 Å². The summed E-state index contributed by atoms with van der Waals surface area (Å²) in [7, 11) is 2.12. The molecule has 94 valence electrons. The van der Waals surface area contributed by atoms with E-state index in [1.165, 1.54) is 12.1 Å². The Morgan fingerprint density at radius 2 is 2.12 bits per heavy atom. The Morgan fingerprint density at radius 3 is 2.88 bits per heavy atom. The van der Waals surface area contributed by atoms with Gasteiger partial charge in [-0.25, -0.2) is 4.39 Å². The van der Waals surface area contributed by atoms with E-state index in [4.69, 9.17) is 5.73 Å². The molecule has 2 N–H and O–H groups in total. The number of hydrogen-bond donors (Lipinski definition) is 1. The second-order valence-electron chi connectivity index (χ2n) is 4.86. The van der Waals surface area contributed by atoms with Crippen LogP contribution in [0.1, 0.15) is 13.3 Å². The molecule has 1 unspecified atom stereocenters. The molecule has 0 bridgehead atoms. The predicted molar refractivity (Wildman–Crippen MR) is 69.7 cm³/mol. The number of halogens is 1. The smallest absolute Gasteiger partial charge is 0.125 e. The van der Waals surface area contributed by atoms with Gasteiger partial charge in [-0.1, -0.05) is 0 Å². The summed E-state index contributed by atoms with van der Waals surface area (Å²) in [5.74, 6) is -0.223. The van der Waals surface area contributed by atoms with E-state index in [1.54, 1.807) is 6.07 Å². The molecule has 1 atom stereocenters. The van der Waals surface area contributed by atoms with E-state index >= 15 is 0 Å². The van der Waals surface area contributed by atoms with Crippen molar-refractivity contribution in [3.8, 4) is 0 Å². The van der Waals surface area contributed by atoms with Crippen molar-refractivity contribution in [2.24, 2.45) is 0 Å². The van der Waals surface area contributed by atoms with E-state index in [2.05, 4.69) is 23.8 Å². The number of likely N-dealkylation sites (N-methyl/N-ethyl adjacent to an activating group) is 1. The number of hydrogen-bond acceptors (Lipinski definition) is 3. The van der Waals surface area contributed by atoms with Crippen molar-refractivity contribution in [3.05, 3.63) is 24.0 Å². The minimum absolute atomic E-state index is 0.223. The second kappa shape index (κ2) is 4.92. The first-order valence-corrected chi connectivity index (χ1v) is 6.08. The van der Waals surface area contributed by atoms with Gasteiger partial charge in [0.15, 0.2) is 0 Å². The minimum Gasteiger partial charge on any atom is -0.397 e. The predicted octanol–water partition coefficient (Wildman–Crippen LogP) is 1.94. The van der Waals surface area contributed by atoms with Gasteiger partial charge in [0.2, 0.25) is 0 Å². The highest BCUT2D eigenvalue weighted by Gasteiger charge is 2.21. The Labute approximate surface area is 102 Å². The highest BCUT2D eigenvalue weighted by Crippen LogP contribution is 2.27. The monoisotopic (exact) mass is 237 g/mol. The summed E-state index contributed by atoms with van der Waals surface area (Å²) in [6, 6.07) is 4.95. The summed E-state index contributed by atoms with van der Waals surface area (Å²) in [5, 5.41) is 0. The first kappa shape index (κ1) is 12.2.